The second kappa shape index (κ2) is 7.50. The van der Waals surface area contributed by atoms with Crippen LogP contribution in [-0.4, -0.2) is 34.4 Å². The summed E-state index contributed by atoms with van der Waals surface area (Å²) in [6.45, 7) is 3.75. The lowest BCUT2D eigenvalue weighted by molar-refractivity contribution is -0.161. The summed E-state index contributed by atoms with van der Waals surface area (Å²) in [6, 6.07) is 13.3. The lowest BCUT2D eigenvalue weighted by atomic mass is 10.2. The third-order valence-electron chi connectivity index (χ3n) is 3.33. The van der Waals surface area contributed by atoms with Gasteiger partial charge in [-0.2, -0.15) is 0 Å². The van der Waals surface area contributed by atoms with Crippen LogP contribution in [0.2, 0.25) is 0 Å². The Morgan fingerprint density at radius 1 is 0.708 bits per heavy atom. The van der Waals surface area contributed by atoms with E-state index in [1.165, 1.54) is 0 Å². The lowest BCUT2D eigenvalue weighted by Gasteiger charge is -2.22. The standard InChI is InChI=1S/C18H18O6/c1-11-3-7-13(8-4-11)23-15(17(19)20)16(18(21)22)24-14-9-5-12(2)6-10-14/h3-10,15-16H,1-2H3,(H,19,20)(H,21,22)/t15-,16-/m1/s1. The molecule has 2 aromatic rings. The molecule has 0 fully saturated rings. The van der Waals surface area contributed by atoms with Gasteiger partial charge in [0.05, 0.1) is 0 Å². The summed E-state index contributed by atoms with van der Waals surface area (Å²) in [5, 5.41) is 18.7. The molecule has 0 radical (unpaired) electrons. The largest absolute Gasteiger partial charge is 0.478 e. The van der Waals surface area contributed by atoms with Gasteiger partial charge in [0.15, 0.2) is 0 Å². The second-order valence-corrected chi connectivity index (χ2v) is 5.38. The molecule has 0 aromatic heterocycles. The van der Waals surface area contributed by atoms with Crippen molar-refractivity contribution in [3.8, 4) is 11.5 Å². The van der Waals surface area contributed by atoms with E-state index in [1.807, 2.05) is 13.8 Å². The smallest absolute Gasteiger partial charge is 0.349 e. The average Bonchev–Trinajstić information content (AvgIpc) is 2.54. The molecule has 24 heavy (non-hydrogen) atoms. The molecule has 6 nitrogen and oxygen atoms in total. The van der Waals surface area contributed by atoms with Gasteiger partial charge in [0, 0.05) is 0 Å². The fourth-order valence-electron chi connectivity index (χ4n) is 2.01. The number of carboxylic acids is 2. The van der Waals surface area contributed by atoms with E-state index in [2.05, 4.69) is 0 Å². The zero-order valence-corrected chi connectivity index (χ0v) is 13.3. The molecule has 0 saturated carbocycles. The summed E-state index contributed by atoms with van der Waals surface area (Å²) >= 11 is 0. The minimum Gasteiger partial charge on any atom is -0.478 e. The number of carbonyl (C=O) groups is 2. The molecule has 0 spiro atoms. The number of carboxylic acid groups (broad SMARTS) is 2. The van der Waals surface area contributed by atoms with Crippen molar-refractivity contribution in [1.29, 1.82) is 0 Å². The van der Waals surface area contributed by atoms with Crippen LogP contribution in [0.1, 0.15) is 11.1 Å². The minimum absolute atomic E-state index is 0.256. The quantitative estimate of drug-likeness (QED) is 0.811. The summed E-state index contributed by atoms with van der Waals surface area (Å²) in [5.41, 5.74) is 1.94. The van der Waals surface area contributed by atoms with Crippen LogP contribution >= 0.6 is 0 Å². The van der Waals surface area contributed by atoms with E-state index in [9.17, 15) is 19.8 Å². The first-order valence-electron chi connectivity index (χ1n) is 7.29. The number of hydrogen-bond donors (Lipinski definition) is 2. The van der Waals surface area contributed by atoms with E-state index in [0.29, 0.717) is 0 Å². The van der Waals surface area contributed by atoms with Crippen LogP contribution in [0.25, 0.3) is 0 Å². The molecule has 2 aromatic carbocycles. The molecule has 0 aliphatic carbocycles. The SMILES string of the molecule is Cc1ccc(O[C@@H](C(=O)O)[C@@H](Oc2ccc(C)cc2)C(=O)O)cc1. The van der Waals surface area contributed by atoms with Gasteiger partial charge in [-0.3, -0.25) is 0 Å². The highest BCUT2D eigenvalue weighted by molar-refractivity contribution is 5.84. The maximum atomic E-state index is 11.5. The predicted octanol–water partition coefficient (Wildman–Crippen LogP) is 2.67. The zero-order chi connectivity index (χ0) is 17.7. The number of hydrogen-bond acceptors (Lipinski definition) is 4. The van der Waals surface area contributed by atoms with Crippen LogP contribution in [0.4, 0.5) is 0 Å². The van der Waals surface area contributed by atoms with Crippen LogP contribution in [0.3, 0.4) is 0 Å². The van der Waals surface area contributed by atoms with Crippen LogP contribution in [0, 0.1) is 13.8 Å². The Morgan fingerprint density at radius 3 is 1.25 bits per heavy atom. The van der Waals surface area contributed by atoms with E-state index in [4.69, 9.17) is 9.47 Å². The number of ether oxygens (including phenoxy) is 2. The maximum Gasteiger partial charge on any atom is 0.349 e. The van der Waals surface area contributed by atoms with Crippen molar-refractivity contribution in [1.82, 2.24) is 0 Å². The van der Waals surface area contributed by atoms with Crippen molar-refractivity contribution in [2.24, 2.45) is 0 Å². The van der Waals surface area contributed by atoms with Crippen LogP contribution in [0.15, 0.2) is 48.5 Å². The van der Waals surface area contributed by atoms with Gasteiger partial charge in [-0.15, -0.1) is 0 Å². The summed E-state index contributed by atoms with van der Waals surface area (Å²) in [4.78, 5) is 23.0. The Balaban J connectivity index is 2.23. The normalized spacial score (nSPS) is 12.9. The molecule has 2 N–H and O–H groups in total. The zero-order valence-electron chi connectivity index (χ0n) is 13.3. The second-order valence-electron chi connectivity index (χ2n) is 5.38. The highest BCUT2D eigenvalue weighted by Gasteiger charge is 2.38. The Morgan fingerprint density at radius 2 is 1.00 bits per heavy atom. The summed E-state index contributed by atoms with van der Waals surface area (Å²) in [7, 11) is 0. The van der Waals surface area contributed by atoms with Crippen molar-refractivity contribution in [3.05, 3.63) is 59.7 Å². The summed E-state index contributed by atoms with van der Waals surface area (Å²) in [6.07, 6.45) is -3.38. The third kappa shape index (κ3) is 4.49. The van der Waals surface area contributed by atoms with Gasteiger partial charge in [-0.25, -0.2) is 9.59 Å². The molecule has 0 heterocycles. The van der Waals surface area contributed by atoms with Gasteiger partial charge in [0.25, 0.3) is 0 Å². The van der Waals surface area contributed by atoms with Crippen molar-refractivity contribution >= 4 is 11.9 Å². The molecule has 6 heteroatoms. The van der Waals surface area contributed by atoms with E-state index in [-0.39, 0.29) is 11.5 Å². The van der Waals surface area contributed by atoms with E-state index in [0.717, 1.165) is 11.1 Å². The van der Waals surface area contributed by atoms with Crippen molar-refractivity contribution < 1.29 is 29.3 Å². The molecule has 0 amide bonds. The van der Waals surface area contributed by atoms with Crippen LogP contribution in [0.5, 0.6) is 11.5 Å². The molecule has 0 saturated heterocycles. The van der Waals surface area contributed by atoms with Gasteiger partial charge < -0.3 is 19.7 Å². The summed E-state index contributed by atoms with van der Waals surface area (Å²) in [5.74, 6) is -2.33. The molecule has 0 unspecified atom stereocenters. The molecular weight excluding hydrogens is 312 g/mol. The predicted molar refractivity (Wildman–Crippen MR) is 86.5 cm³/mol. The van der Waals surface area contributed by atoms with E-state index < -0.39 is 24.1 Å². The first-order chi connectivity index (χ1) is 11.4. The van der Waals surface area contributed by atoms with Crippen molar-refractivity contribution in [2.75, 3.05) is 0 Å². The monoisotopic (exact) mass is 330 g/mol. The summed E-state index contributed by atoms with van der Waals surface area (Å²) < 4.78 is 10.7. The first kappa shape index (κ1) is 17.3. The number of benzene rings is 2. The molecule has 126 valence electrons. The van der Waals surface area contributed by atoms with Gasteiger partial charge in [0.2, 0.25) is 12.2 Å². The van der Waals surface area contributed by atoms with Crippen LogP contribution in [-0.2, 0) is 9.59 Å². The van der Waals surface area contributed by atoms with E-state index >= 15 is 0 Å². The Labute approximate surface area is 139 Å². The number of aliphatic carboxylic acids is 2. The van der Waals surface area contributed by atoms with Gasteiger partial charge >= 0.3 is 11.9 Å². The van der Waals surface area contributed by atoms with Gasteiger partial charge in [-0.05, 0) is 38.1 Å². The number of rotatable bonds is 7. The third-order valence-corrected chi connectivity index (χ3v) is 3.33. The highest BCUT2D eigenvalue weighted by Crippen LogP contribution is 2.19. The van der Waals surface area contributed by atoms with Gasteiger partial charge in [-0.1, -0.05) is 35.4 Å². The Bertz CT molecular complexity index is 642. The maximum absolute atomic E-state index is 11.5. The highest BCUT2D eigenvalue weighted by atomic mass is 16.6. The minimum atomic E-state index is -1.69. The van der Waals surface area contributed by atoms with Crippen molar-refractivity contribution in [3.63, 3.8) is 0 Å². The fourth-order valence-corrected chi connectivity index (χ4v) is 2.01. The Hall–Kier alpha value is -3.02. The molecular formula is C18H18O6. The lowest BCUT2D eigenvalue weighted by Crippen LogP contribution is -2.47. The molecule has 0 aliphatic rings. The number of aryl methyl sites for hydroxylation is 2. The van der Waals surface area contributed by atoms with Crippen LogP contribution < -0.4 is 9.47 Å². The first-order valence-corrected chi connectivity index (χ1v) is 7.29. The molecule has 0 bridgehead atoms. The molecule has 0 aliphatic heterocycles. The molecule has 2 atom stereocenters. The average molecular weight is 330 g/mol. The topological polar surface area (TPSA) is 93.1 Å². The fraction of sp³-hybridized carbons (Fsp3) is 0.222. The van der Waals surface area contributed by atoms with Crippen molar-refractivity contribution in [2.45, 2.75) is 26.1 Å². The Kier molecular flexibility index (Phi) is 5.42. The van der Waals surface area contributed by atoms with Gasteiger partial charge in [0.1, 0.15) is 11.5 Å². The van der Waals surface area contributed by atoms with E-state index in [1.54, 1.807) is 48.5 Å². The molecule has 2 rings (SSSR count).